The van der Waals surface area contributed by atoms with Crippen molar-refractivity contribution >= 4 is 11.9 Å². The minimum Gasteiger partial charge on any atom is -0.493 e. The van der Waals surface area contributed by atoms with E-state index in [1.807, 2.05) is 0 Å². The molecule has 0 aliphatic heterocycles. The number of benzene rings is 1. The lowest BCUT2D eigenvalue weighted by Crippen LogP contribution is -2.41. The minimum atomic E-state index is -0.680. The molecule has 3 N–H and O–H groups in total. The number of carbonyl (C=O) groups excluding carboxylic acids is 2. The van der Waals surface area contributed by atoms with Crippen LogP contribution < -0.4 is 20.5 Å². The number of hydrogen-bond acceptors (Lipinski definition) is 6. The Morgan fingerprint density at radius 3 is 2.32 bits per heavy atom. The molecule has 0 bridgehead atoms. The summed E-state index contributed by atoms with van der Waals surface area (Å²) < 4.78 is 15.1. The van der Waals surface area contributed by atoms with E-state index in [9.17, 15) is 9.59 Å². The van der Waals surface area contributed by atoms with Crippen molar-refractivity contribution in [2.24, 2.45) is 5.73 Å². The van der Waals surface area contributed by atoms with Gasteiger partial charge in [-0.3, -0.25) is 9.59 Å². The topological polar surface area (TPSA) is 99.9 Å². The second-order valence-corrected chi connectivity index (χ2v) is 4.74. The fourth-order valence-corrected chi connectivity index (χ4v) is 1.87. The molecule has 0 heterocycles. The summed E-state index contributed by atoms with van der Waals surface area (Å²) >= 11 is 0. The average molecular weight is 310 g/mol. The summed E-state index contributed by atoms with van der Waals surface area (Å²) in [5.74, 6) is 0.264. The smallest absolute Gasteiger partial charge is 0.307 e. The van der Waals surface area contributed by atoms with E-state index in [2.05, 4.69) is 10.1 Å². The zero-order chi connectivity index (χ0) is 16.7. The predicted octanol–water partition coefficient (Wildman–Crippen LogP) is 0.771. The summed E-state index contributed by atoms with van der Waals surface area (Å²) in [5.41, 5.74) is 6.25. The number of nitrogens with two attached hydrogens (primary N) is 1. The maximum atomic E-state index is 11.8. The lowest BCUT2D eigenvalue weighted by Gasteiger charge is -2.20. The zero-order valence-corrected chi connectivity index (χ0v) is 13.2. The Balaban J connectivity index is 3.08. The van der Waals surface area contributed by atoms with Crippen LogP contribution in [0, 0.1) is 0 Å². The van der Waals surface area contributed by atoms with Gasteiger partial charge in [-0.15, -0.1) is 0 Å². The van der Waals surface area contributed by atoms with Crippen LogP contribution in [0.2, 0.25) is 0 Å². The van der Waals surface area contributed by atoms with E-state index < -0.39 is 18.1 Å². The molecule has 0 spiro atoms. The van der Waals surface area contributed by atoms with E-state index in [0.717, 1.165) is 0 Å². The van der Waals surface area contributed by atoms with Crippen LogP contribution in [0.5, 0.6) is 11.5 Å². The molecule has 1 unspecified atom stereocenters. The van der Waals surface area contributed by atoms with Crippen LogP contribution in [0.1, 0.15) is 24.9 Å². The molecule has 0 aromatic heterocycles. The van der Waals surface area contributed by atoms with Gasteiger partial charge in [-0.05, 0) is 24.6 Å². The van der Waals surface area contributed by atoms with Crippen molar-refractivity contribution in [1.82, 2.24) is 5.32 Å². The molecular formula is C15H22N2O5. The van der Waals surface area contributed by atoms with Crippen LogP contribution in [0.3, 0.4) is 0 Å². The van der Waals surface area contributed by atoms with Gasteiger partial charge >= 0.3 is 5.97 Å². The molecule has 0 fully saturated rings. The molecule has 122 valence electrons. The standard InChI is InChI=1S/C15H22N2O5/c1-9(16)15(19)17-11(8-14(18)22-4)10-5-6-12(20-2)13(7-10)21-3/h5-7,9,11H,8,16H2,1-4H3,(H,17,19)/t9-,11?/m1/s1. The molecule has 1 amide bonds. The number of esters is 1. The Morgan fingerprint density at radius 2 is 1.82 bits per heavy atom. The van der Waals surface area contributed by atoms with Gasteiger partial charge in [0.2, 0.25) is 5.91 Å². The van der Waals surface area contributed by atoms with Crippen LogP contribution in [-0.4, -0.2) is 39.2 Å². The normalized spacial score (nSPS) is 13.0. The summed E-state index contributed by atoms with van der Waals surface area (Å²) in [6, 6.07) is 3.91. The molecular weight excluding hydrogens is 288 g/mol. The molecule has 0 saturated carbocycles. The van der Waals surface area contributed by atoms with Crippen molar-refractivity contribution in [3.63, 3.8) is 0 Å². The van der Waals surface area contributed by atoms with Gasteiger partial charge in [-0.2, -0.15) is 0 Å². The lowest BCUT2D eigenvalue weighted by molar-refractivity contribution is -0.141. The van der Waals surface area contributed by atoms with Gasteiger partial charge < -0.3 is 25.3 Å². The summed E-state index contributed by atoms with van der Waals surface area (Å²) in [4.78, 5) is 23.4. The van der Waals surface area contributed by atoms with E-state index in [1.54, 1.807) is 25.1 Å². The lowest BCUT2D eigenvalue weighted by atomic mass is 10.0. The molecule has 1 aromatic rings. The average Bonchev–Trinajstić information content (AvgIpc) is 2.52. The van der Waals surface area contributed by atoms with E-state index in [4.69, 9.17) is 15.2 Å². The van der Waals surface area contributed by atoms with E-state index >= 15 is 0 Å². The Kier molecular flexibility index (Phi) is 6.65. The third-order valence-electron chi connectivity index (χ3n) is 3.14. The maximum Gasteiger partial charge on any atom is 0.307 e. The maximum absolute atomic E-state index is 11.8. The van der Waals surface area contributed by atoms with Crippen LogP contribution in [0.15, 0.2) is 18.2 Å². The van der Waals surface area contributed by atoms with Gasteiger partial charge in [0, 0.05) is 0 Å². The highest BCUT2D eigenvalue weighted by molar-refractivity contribution is 5.82. The first-order valence-electron chi connectivity index (χ1n) is 6.77. The van der Waals surface area contributed by atoms with Gasteiger partial charge in [-0.25, -0.2) is 0 Å². The molecule has 2 atom stereocenters. The first-order valence-corrected chi connectivity index (χ1v) is 6.77. The van der Waals surface area contributed by atoms with Crippen LogP contribution in [0.4, 0.5) is 0 Å². The van der Waals surface area contributed by atoms with Crippen molar-refractivity contribution in [3.05, 3.63) is 23.8 Å². The van der Waals surface area contributed by atoms with Crippen molar-refractivity contribution < 1.29 is 23.8 Å². The van der Waals surface area contributed by atoms with E-state index in [-0.39, 0.29) is 12.3 Å². The summed E-state index contributed by atoms with van der Waals surface area (Å²) in [6.07, 6.45) is -0.00948. The van der Waals surface area contributed by atoms with E-state index in [1.165, 1.54) is 21.3 Å². The largest absolute Gasteiger partial charge is 0.493 e. The Bertz CT molecular complexity index is 531. The molecule has 7 heteroatoms. The third-order valence-corrected chi connectivity index (χ3v) is 3.14. The van der Waals surface area contributed by atoms with Crippen molar-refractivity contribution in [2.75, 3.05) is 21.3 Å². The van der Waals surface area contributed by atoms with E-state index in [0.29, 0.717) is 17.1 Å². The Labute approximate surface area is 129 Å². The molecule has 0 radical (unpaired) electrons. The fourth-order valence-electron chi connectivity index (χ4n) is 1.87. The highest BCUT2D eigenvalue weighted by Gasteiger charge is 2.21. The minimum absolute atomic E-state index is 0.00948. The predicted molar refractivity (Wildman–Crippen MR) is 80.7 cm³/mol. The first-order chi connectivity index (χ1) is 10.4. The number of nitrogens with one attached hydrogen (secondary N) is 1. The number of methoxy groups -OCH3 is 3. The fraction of sp³-hybridized carbons (Fsp3) is 0.467. The van der Waals surface area contributed by atoms with Gasteiger partial charge in [0.25, 0.3) is 0 Å². The van der Waals surface area contributed by atoms with Crippen molar-refractivity contribution in [1.29, 1.82) is 0 Å². The molecule has 0 aliphatic rings. The van der Waals surface area contributed by atoms with Gasteiger partial charge in [0.15, 0.2) is 11.5 Å². The summed E-state index contributed by atoms with van der Waals surface area (Å²) in [7, 11) is 4.33. The number of hydrogen-bond donors (Lipinski definition) is 2. The highest BCUT2D eigenvalue weighted by Crippen LogP contribution is 2.31. The molecule has 0 aliphatic carbocycles. The summed E-state index contributed by atoms with van der Waals surface area (Å²) in [5, 5.41) is 2.73. The van der Waals surface area contributed by atoms with Gasteiger partial charge in [-0.1, -0.05) is 6.07 Å². The SMILES string of the molecule is COC(=O)CC(NC(=O)[C@@H](C)N)c1ccc(OC)c(OC)c1. The zero-order valence-electron chi connectivity index (χ0n) is 13.2. The molecule has 22 heavy (non-hydrogen) atoms. The number of carbonyl (C=O) groups is 2. The Morgan fingerprint density at radius 1 is 1.18 bits per heavy atom. The third kappa shape index (κ3) is 4.63. The quantitative estimate of drug-likeness (QED) is 0.722. The molecule has 1 aromatic carbocycles. The van der Waals surface area contributed by atoms with Crippen molar-refractivity contribution in [2.45, 2.75) is 25.4 Å². The second kappa shape index (κ2) is 8.23. The number of rotatable bonds is 7. The van der Waals surface area contributed by atoms with Crippen LogP contribution in [-0.2, 0) is 14.3 Å². The molecule has 1 rings (SSSR count). The summed E-state index contributed by atoms with van der Waals surface area (Å²) in [6.45, 7) is 1.57. The number of amides is 1. The molecule has 0 saturated heterocycles. The first kappa shape index (κ1) is 17.8. The number of ether oxygens (including phenoxy) is 3. The molecule has 7 nitrogen and oxygen atoms in total. The monoisotopic (exact) mass is 310 g/mol. The second-order valence-electron chi connectivity index (χ2n) is 4.74. The Hall–Kier alpha value is -2.28. The van der Waals surface area contributed by atoms with Gasteiger partial charge in [0.05, 0.1) is 39.8 Å². The van der Waals surface area contributed by atoms with Gasteiger partial charge in [0.1, 0.15) is 0 Å². The highest BCUT2D eigenvalue weighted by atomic mass is 16.5. The van der Waals surface area contributed by atoms with Crippen LogP contribution >= 0.6 is 0 Å². The van der Waals surface area contributed by atoms with Crippen molar-refractivity contribution in [3.8, 4) is 11.5 Å². The van der Waals surface area contributed by atoms with Crippen LogP contribution in [0.25, 0.3) is 0 Å².